The molecule has 0 N–H and O–H groups in total. The number of hydrogen-bond donors (Lipinski definition) is 0. The molecule has 0 aromatic carbocycles. The highest BCUT2D eigenvalue weighted by atomic mass is 16.6. The molecule has 0 saturated carbocycles. The molecule has 6 nitrogen and oxygen atoms in total. The molecule has 0 aliphatic carbocycles. The van der Waals surface area contributed by atoms with E-state index in [1.54, 1.807) is 12.2 Å². The Morgan fingerprint density at radius 2 is 0.548 bits per heavy atom. The number of carbonyl (C=O) groups is 3. The van der Waals surface area contributed by atoms with Gasteiger partial charge in [0.2, 0.25) is 0 Å². The molecule has 0 saturated heterocycles. The van der Waals surface area contributed by atoms with Crippen LogP contribution in [0.3, 0.4) is 0 Å². The highest BCUT2D eigenvalue weighted by molar-refractivity contribution is 5.72. The summed E-state index contributed by atoms with van der Waals surface area (Å²) >= 11 is 0. The molecule has 6 heteroatoms. The van der Waals surface area contributed by atoms with Gasteiger partial charge in [-0.05, 0) is 109 Å². The number of esters is 3. The van der Waals surface area contributed by atoms with Crippen molar-refractivity contribution in [1.82, 2.24) is 0 Å². The van der Waals surface area contributed by atoms with Crippen LogP contribution in [0, 0.1) is 0 Å². The van der Waals surface area contributed by atoms with E-state index >= 15 is 0 Å². The Bertz CT molecular complexity index is 1720. The lowest BCUT2D eigenvalue weighted by Gasteiger charge is -2.17. The predicted molar refractivity (Wildman–Crippen MR) is 315 cm³/mol. The van der Waals surface area contributed by atoms with Gasteiger partial charge in [0.15, 0.2) is 6.10 Å². The maximum atomic E-state index is 12.8. The lowest BCUT2D eigenvalue weighted by Crippen LogP contribution is -2.30. The van der Waals surface area contributed by atoms with Crippen LogP contribution in [0.15, 0.2) is 170 Å². The van der Waals surface area contributed by atoms with Gasteiger partial charge in [0.05, 0.1) is 12.8 Å². The van der Waals surface area contributed by atoms with Gasteiger partial charge in [-0.3, -0.25) is 14.4 Å². The minimum Gasteiger partial charge on any atom is -0.462 e. The maximum Gasteiger partial charge on any atom is 0.310 e. The highest BCUT2D eigenvalue weighted by Crippen LogP contribution is 2.14. The lowest BCUT2D eigenvalue weighted by atomic mass is 10.0. The Hall–Kier alpha value is -5.23. The zero-order valence-corrected chi connectivity index (χ0v) is 46.3. The van der Waals surface area contributed by atoms with Crippen molar-refractivity contribution in [3.8, 4) is 0 Å². The van der Waals surface area contributed by atoms with Crippen LogP contribution in [0.2, 0.25) is 0 Å². The van der Waals surface area contributed by atoms with Gasteiger partial charge >= 0.3 is 17.9 Å². The van der Waals surface area contributed by atoms with Crippen molar-refractivity contribution < 1.29 is 28.6 Å². The summed E-state index contributed by atoms with van der Waals surface area (Å²) < 4.78 is 16.6. The maximum absolute atomic E-state index is 12.8. The highest BCUT2D eigenvalue weighted by Gasteiger charge is 2.19. The van der Waals surface area contributed by atoms with Crippen LogP contribution in [0.5, 0.6) is 0 Å². The summed E-state index contributed by atoms with van der Waals surface area (Å²) in [7, 11) is 0. The molecule has 1 atom stereocenters. The monoisotopic (exact) mass is 1000 g/mol. The Labute approximate surface area is 447 Å². The van der Waals surface area contributed by atoms with Crippen molar-refractivity contribution in [2.45, 2.75) is 219 Å². The lowest BCUT2D eigenvalue weighted by molar-refractivity contribution is -0.166. The fourth-order valence-corrected chi connectivity index (χ4v) is 7.11. The van der Waals surface area contributed by atoms with Gasteiger partial charge in [-0.2, -0.15) is 0 Å². The van der Waals surface area contributed by atoms with Gasteiger partial charge in [-0.1, -0.05) is 255 Å². The first-order valence-corrected chi connectivity index (χ1v) is 28.6. The average molecular weight is 1000 g/mol. The summed E-state index contributed by atoms with van der Waals surface area (Å²) in [4.78, 5) is 38.0. The van der Waals surface area contributed by atoms with Gasteiger partial charge in [0.25, 0.3) is 0 Å². The molecule has 0 aromatic rings. The van der Waals surface area contributed by atoms with Crippen LogP contribution < -0.4 is 0 Å². The zero-order chi connectivity index (χ0) is 52.9. The average Bonchev–Trinajstić information content (AvgIpc) is 3.39. The molecule has 0 rings (SSSR count). The standard InChI is InChI=1S/C67H102O6/c1-4-7-10-13-16-19-22-25-28-29-30-31-32-33-34-35-36-37-40-42-45-48-51-54-57-60-66(69)72-63-64(73-67(70)61-58-55-52-49-46-43-39-27-24-21-18-15-12-9-6-3)62-71-65(68)59-56-53-50-47-44-41-38-26-23-20-17-14-11-8-5-2/h7-12,16-21,25-28,30-31,38-39,44,46-47,49,53,55-56,58,64H,4-6,13-15,22-24,29,32-37,40-43,45,48,50-52,54,57,59-63H2,1-3H3/b10-7-,11-8-,12-9-,19-16-,20-17-,21-18-,28-25-,31-30-,38-26-,39-27-,47-44-,49-46-,56-53-,58-55-. The van der Waals surface area contributed by atoms with Crippen LogP contribution in [-0.2, 0) is 28.6 Å². The molecule has 0 heterocycles. The van der Waals surface area contributed by atoms with Gasteiger partial charge in [0, 0.05) is 6.42 Å². The molecule has 0 bridgehead atoms. The number of ether oxygens (including phenoxy) is 3. The summed E-state index contributed by atoms with van der Waals surface area (Å²) in [6.45, 7) is 6.10. The third kappa shape index (κ3) is 57.5. The van der Waals surface area contributed by atoms with E-state index in [1.807, 2.05) is 12.2 Å². The van der Waals surface area contributed by atoms with Crippen molar-refractivity contribution in [3.05, 3.63) is 170 Å². The van der Waals surface area contributed by atoms with E-state index in [2.05, 4.69) is 167 Å². The first-order valence-electron chi connectivity index (χ1n) is 28.6. The number of allylic oxidation sites excluding steroid dienone is 26. The molecule has 0 aromatic heterocycles. The molecule has 0 aliphatic rings. The number of carbonyl (C=O) groups excluding carboxylic acids is 3. The van der Waals surface area contributed by atoms with E-state index < -0.39 is 18.0 Å². The second-order valence-corrected chi connectivity index (χ2v) is 18.1. The van der Waals surface area contributed by atoms with Crippen LogP contribution in [0.4, 0.5) is 0 Å². The largest absolute Gasteiger partial charge is 0.462 e. The van der Waals surface area contributed by atoms with E-state index in [-0.39, 0.29) is 32.0 Å². The molecular weight excluding hydrogens is 901 g/mol. The van der Waals surface area contributed by atoms with E-state index in [0.717, 1.165) is 96.3 Å². The molecule has 73 heavy (non-hydrogen) atoms. The smallest absolute Gasteiger partial charge is 0.310 e. The molecule has 0 amide bonds. The number of unbranched alkanes of at least 4 members (excludes halogenated alkanes) is 12. The van der Waals surface area contributed by atoms with Crippen molar-refractivity contribution >= 4 is 17.9 Å². The summed E-state index contributed by atoms with van der Waals surface area (Å²) in [5.41, 5.74) is 0. The van der Waals surface area contributed by atoms with E-state index in [1.165, 1.54) is 64.2 Å². The quantitative estimate of drug-likeness (QED) is 0.0261. The van der Waals surface area contributed by atoms with Crippen molar-refractivity contribution in [2.24, 2.45) is 0 Å². The summed E-state index contributed by atoms with van der Waals surface area (Å²) in [6.07, 6.45) is 88.3. The molecule has 0 radical (unpaired) electrons. The van der Waals surface area contributed by atoms with E-state index in [4.69, 9.17) is 14.2 Å². The third-order valence-electron chi connectivity index (χ3n) is 11.3. The van der Waals surface area contributed by atoms with Crippen molar-refractivity contribution in [3.63, 3.8) is 0 Å². The number of rotatable bonds is 49. The normalized spacial score (nSPS) is 13.4. The van der Waals surface area contributed by atoms with Gasteiger partial charge in [-0.15, -0.1) is 0 Å². The fourth-order valence-electron chi connectivity index (χ4n) is 7.11. The third-order valence-corrected chi connectivity index (χ3v) is 11.3. The predicted octanol–water partition coefficient (Wildman–Crippen LogP) is 19.5. The van der Waals surface area contributed by atoms with Crippen molar-refractivity contribution in [1.29, 1.82) is 0 Å². The SMILES string of the molecule is CC/C=C\C/C=C\C/C=C\C/C=C\C/C=C\CC(=O)OCC(COC(=O)CCCCCCCCCCCCCC/C=C\C/C=C\C/C=C\C/C=C\CC)OC(=O)C/C=C\C/C=C\C/C=C\C/C=C\C/C=C\CC. The minimum atomic E-state index is -0.882. The molecule has 0 fully saturated rings. The van der Waals surface area contributed by atoms with Crippen LogP contribution in [0.1, 0.15) is 213 Å². The Balaban J connectivity index is 4.51. The van der Waals surface area contributed by atoms with Crippen molar-refractivity contribution in [2.75, 3.05) is 13.2 Å². The molecule has 0 aliphatic heterocycles. The minimum absolute atomic E-state index is 0.0692. The summed E-state index contributed by atoms with van der Waals surface area (Å²) in [5, 5.41) is 0. The Morgan fingerprint density at radius 3 is 0.890 bits per heavy atom. The van der Waals surface area contributed by atoms with Crippen LogP contribution in [0.25, 0.3) is 0 Å². The molecule has 0 spiro atoms. The second kappa shape index (κ2) is 59.3. The summed E-state index contributed by atoms with van der Waals surface area (Å²) in [6, 6.07) is 0. The van der Waals surface area contributed by atoms with Crippen LogP contribution >= 0.6 is 0 Å². The van der Waals surface area contributed by atoms with E-state index in [0.29, 0.717) is 19.3 Å². The molecule has 406 valence electrons. The van der Waals surface area contributed by atoms with Gasteiger partial charge < -0.3 is 14.2 Å². The fraction of sp³-hybridized carbons (Fsp3) is 0.537. The molecular formula is C67H102O6. The van der Waals surface area contributed by atoms with E-state index in [9.17, 15) is 14.4 Å². The second-order valence-electron chi connectivity index (χ2n) is 18.1. The molecule has 1 unspecified atom stereocenters. The summed E-state index contributed by atoms with van der Waals surface area (Å²) in [5.74, 6) is -1.23. The topological polar surface area (TPSA) is 78.9 Å². The number of hydrogen-bond acceptors (Lipinski definition) is 6. The Morgan fingerprint density at radius 1 is 0.288 bits per heavy atom. The first kappa shape index (κ1) is 67.8. The van der Waals surface area contributed by atoms with Gasteiger partial charge in [0.1, 0.15) is 13.2 Å². The van der Waals surface area contributed by atoms with Crippen LogP contribution in [-0.4, -0.2) is 37.2 Å². The Kier molecular flexibility index (Phi) is 55.1. The first-order chi connectivity index (χ1) is 36.0. The zero-order valence-electron chi connectivity index (χ0n) is 46.3. The van der Waals surface area contributed by atoms with Gasteiger partial charge in [-0.25, -0.2) is 0 Å².